The minimum Gasteiger partial charge on any atom is -0.461 e. The Hall–Kier alpha value is -2.06. The molecule has 1 N–H and O–H groups in total. The number of carbonyl (C=O) groups excluding carboxylic acids is 3. The molecule has 0 saturated carbocycles. The van der Waals surface area contributed by atoms with Crippen molar-refractivity contribution >= 4 is 29.5 Å². The molecule has 34 heavy (non-hydrogen) atoms. The van der Waals surface area contributed by atoms with Crippen LogP contribution >= 0.6 is 11.6 Å². The SMILES string of the molecule is CC(C)CC(=O)OCC1=CO[C@@H](OC(=O)CC(C)C)[C@H]2C1=C[C@H](OC(=O)CC(C)C)[C@]2(O)CCl. The molecule has 0 spiro atoms. The fourth-order valence-corrected chi connectivity index (χ4v) is 4.25. The van der Waals surface area contributed by atoms with Gasteiger partial charge in [0.15, 0.2) is 6.10 Å². The number of rotatable bonds is 11. The molecule has 2 aliphatic rings. The number of halogens is 1. The van der Waals surface area contributed by atoms with Crippen LogP contribution < -0.4 is 0 Å². The molecule has 4 atom stereocenters. The van der Waals surface area contributed by atoms with Gasteiger partial charge >= 0.3 is 17.9 Å². The summed E-state index contributed by atoms with van der Waals surface area (Å²) >= 11 is 6.20. The third-order valence-corrected chi connectivity index (χ3v) is 5.95. The third kappa shape index (κ3) is 7.22. The van der Waals surface area contributed by atoms with Crippen LogP contribution in [0.5, 0.6) is 0 Å². The van der Waals surface area contributed by atoms with E-state index in [2.05, 4.69) is 0 Å². The van der Waals surface area contributed by atoms with E-state index in [9.17, 15) is 19.5 Å². The summed E-state index contributed by atoms with van der Waals surface area (Å²) in [5.41, 5.74) is -0.797. The molecular weight excluding hydrogens is 464 g/mol. The molecule has 9 heteroatoms. The van der Waals surface area contributed by atoms with Gasteiger partial charge in [-0.1, -0.05) is 41.5 Å². The highest BCUT2D eigenvalue weighted by atomic mass is 35.5. The Labute approximate surface area is 206 Å². The number of hydrogen-bond donors (Lipinski definition) is 1. The lowest BCUT2D eigenvalue weighted by Gasteiger charge is -2.39. The van der Waals surface area contributed by atoms with Crippen molar-refractivity contribution in [3.8, 4) is 0 Å². The Bertz CT molecular complexity index is 816. The second-order valence-corrected chi connectivity index (χ2v) is 10.5. The third-order valence-electron chi connectivity index (χ3n) is 5.52. The van der Waals surface area contributed by atoms with Gasteiger partial charge in [-0.15, -0.1) is 11.6 Å². The molecule has 0 unspecified atom stereocenters. The fourth-order valence-electron chi connectivity index (χ4n) is 3.94. The molecule has 1 aliphatic carbocycles. The second kappa shape index (κ2) is 12.1. The van der Waals surface area contributed by atoms with E-state index in [-0.39, 0.29) is 55.5 Å². The van der Waals surface area contributed by atoms with Crippen molar-refractivity contribution in [2.75, 3.05) is 12.5 Å². The van der Waals surface area contributed by atoms with E-state index < -0.39 is 35.9 Å². The summed E-state index contributed by atoms with van der Waals surface area (Å²) in [6.07, 6.45) is 1.27. The molecule has 1 aliphatic heterocycles. The normalized spacial score (nSPS) is 26.0. The lowest BCUT2D eigenvalue weighted by molar-refractivity contribution is -0.203. The standard InChI is InChI=1S/C25H37ClO8/c1-14(2)7-20(27)31-11-17-12-32-24(34-22(29)9-16(5)6)23-18(17)10-19(25(23,30)13-26)33-21(28)8-15(3)4/h10,12,14-16,19,23-24,30H,7-9,11,13H2,1-6H3/t19-,23+,24-,25+/m0/s1. The number of hydrogen-bond acceptors (Lipinski definition) is 8. The van der Waals surface area contributed by atoms with E-state index in [1.165, 1.54) is 6.26 Å². The summed E-state index contributed by atoms with van der Waals surface area (Å²) < 4.78 is 22.2. The van der Waals surface area contributed by atoms with Crippen LogP contribution in [-0.4, -0.2) is 53.5 Å². The van der Waals surface area contributed by atoms with E-state index in [1.54, 1.807) is 6.08 Å². The van der Waals surface area contributed by atoms with Gasteiger partial charge in [0, 0.05) is 24.8 Å². The molecule has 0 amide bonds. The van der Waals surface area contributed by atoms with Crippen molar-refractivity contribution in [3.63, 3.8) is 0 Å². The summed E-state index contributed by atoms with van der Waals surface area (Å²) in [7, 11) is 0. The van der Waals surface area contributed by atoms with Crippen molar-refractivity contribution in [1.82, 2.24) is 0 Å². The molecule has 0 saturated heterocycles. The molecule has 0 aromatic carbocycles. The number of alkyl halides is 1. The maximum Gasteiger partial charge on any atom is 0.309 e. The van der Waals surface area contributed by atoms with E-state index in [0.717, 1.165) is 0 Å². The summed E-state index contributed by atoms with van der Waals surface area (Å²) in [5.74, 6) is -2.31. The predicted molar refractivity (Wildman–Crippen MR) is 125 cm³/mol. The molecule has 1 heterocycles. The molecule has 2 rings (SSSR count). The first-order valence-electron chi connectivity index (χ1n) is 11.8. The summed E-state index contributed by atoms with van der Waals surface area (Å²) in [6.45, 7) is 11.2. The monoisotopic (exact) mass is 500 g/mol. The topological polar surface area (TPSA) is 108 Å². The van der Waals surface area contributed by atoms with Crippen LogP contribution in [0.3, 0.4) is 0 Å². The Morgan fingerprint density at radius 1 is 0.971 bits per heavy atom. The lowest BCUT2D eigenvalue weighted by atomic mass is 9.82. The van der Waals surface area contributed by atoms with Gasteiger partial charge in [-0.3, -0.25) is 14.4 Å². The van der Waals surface area contributed by atoms with Gasteiger partial charge in [-0.05, 0) is 29.4 Å². The highest BCUT2D eigenvalue weighted by Crippen LogP contribution is 2.47. The molecule has 0 aromatic heterocycles. The van der Waals surface area contributed by atoms with Crippen molar-refractivity contribution in [2.24, 2.45) is 23.7 Å². The number of fused-ring (bicyclic) bond motifs is 1. The van der Waals surface area contributed by atoms with Crippen molar-refractivity contribution in [3.05, 3.63) is 23.5 Å². The van der Waals surface area contributed by atoms with Gasteiger partial charge in [0.05, 0.1) is 18.1 Å². The van der Waals surface area contributed by atoms with E-state index in [4.69, 9.17) is 30.5 Å². The van der Waals surface area contributed by atoms with Crippen molar-refractivity contribution in [2.45, 2.75) is 78.8 Å². The van der Waals surface area contributed by atoms with Crippen molar-refractivity contribution < 1.29 is 38.4 Å². The molecule has 0 aromatic rings. The van der Waals surface area contributed by atoms with Gasteiger partial charge in [0.25, 0.3) is 6.29 Å². The maximum atomic E-state index is 12.4. The van der Waals surface area contributed by atoms with Crippen LogP contribution in [0.15, 0.2) is 23.5 Å². The molecular formula is C25H37ClO8. The van der Waals surface area contributed by atoms with E-state index >= 15 is 0 Å². The zero-order valence-corrected chi connectivity index (χ0v) is 21.6. The maximum absolute atomic E-state index is 12.4. The highest BCUT2D eigenvalue weighted by Gasteiger charge is 2.58. The molecule has 0 fully saturated rings. The minimum absolute atomic E-state index is 0.0665. The molecule has 0 bridgehead atoms. The summed E-state index contributed by atoms with van der Waals surface area (Å²) in [6, 6.07) is 0. The molecule has 192 valence electrons. The number of carbonyl (C=O) groups is 3. The predicted octanol–water partition coefficient (Wildman–Crippen LogP) is 3.89. The summed E-state index contributed by atoms with van der Waals surface area (Å²) in [4.78, 5) is 36.8. The van der Waals surface area contributed by atoms with Gasteiger partial charge in [0.2, 0.25) is 0 Å². The van der Waals surface area contributed by atoms with Crippen LogP contribution in [-0.2, 0) is 33.3 Å². The zero-order valence-electron chi connectivity index (χ0n) is 20.8. The largest absolute Gasteiger partial charge is 0.461 e. The van der Waals surface area contributed by atoms with Crippen molar-refractivity contribution in [1.29, 1.82) is 0 Å². The Kier molecular flexibility index (Phi) is 10.0. The fraction of sp³-hybridized carbons (Fsp3) is 0.720. The smallest absolute Gasteiger partial charge is 0.309 e. The number of aliphatic hydroxyl groups is 1. The average molecular weight is 501 g/mol. The lowest BCUT2D eigenvalue weighted by Crippen LogP contribution is -2.54. The van der Waals surface area contributed by atoms with E-state index in [1.807, 2.05) is 41.5 Å². The Morgan fingerprint density at radius 3 is 2.03 bits per heavy atom. The minimum atomic E-state index is -1.78. The van der Waals surface area contributed by atoms with Crippen LogP contribution in [0, 0.1) is 23.7 Å². The quantitative estimate of drug-likeness (QED) is 0.258. The Morgan fingerprint density at radius 2 is 1.50 bits per heavy atom. The Balaban J connectivity index is 2.33. The van der Waals surface area contributed by atoms with E-state index in [0.29, 0.717) is 11.1 Å². The second-order valence-electron chi connectivity index (χ2n) is 10.2. The summed E-state index contributed by atoms with van der Waals surface area (Å²) in [5, 5.41) is 11.5. The average Bonchev–Trinajstić information content (AvgIpc) is 2.99. The number of ether oxygens (including phenoxy) is 4. The van der Waals surface area contributed by atoms with Crippen LogP contribution in [0.4, 0.5) is 0 Å². The van der Waals surface area contributed by atoms with Crippen LogP contribution in [0.1, 0.15) is 60.8 Å². The first kappa shape index (κ1) is 28.2. The molecule has 0 radical (unpaired) electrons. The van der Waals surface area contributed by atoms with Gasteiger partial charge < -0.3 is 24.1 Å². The number of esters is 3. The van der Waals surface area contributed by atoms with Crippen LogP contribution in [0.25, 0.3) is 0 Å². The first-order chi connectivity index (χ1) is 15.9. The van der Waals surface area contributed by atoms with Crippen LogP contribution in [0.2, 0.25) is 0 Å². The highest BCUT2D eigenvalue weighted by molar-refractivity contribution is 6.18. The van der Waals surface area contributed by atoms with Gasteiger partial charge in [0.1, 0.15) is 12.2 Å². The first-order valence-corrected chi connectivity index (χ1v) is 12.3. The van der Waals surface area contributed by atoms with Gasteiger partial charge in [-0.25, -0.2) is 0 Å². The molecule has 8 nitrogen and oxygen atoms in total. The van der Waals surface area contributed by atoms with Gasteiger partial charge in [-0.2, -0.15) is 0 Å². The zero-order chi connectivity index (χ0) is 25.6.